The summed E-state index contributed by atoms with van der Waals surface area (Å²) in [6.07, 6.45) is 4.32. The molecule has 2 fully saturated rings. The quantitative estimate of drug-likeness (QED) is 0.632. The lowest BCUT2D eigenvalue weighted by molar-refractivity contribution is -0.139. The lowest BCUT2D eigenvalue weighted by atomic mass is 9.95. The van der Waals surface area contributed by atoms with Gasteiger partial charge in [0.05, 0.1) is 6.54 Å². The van der Waals surface area contributed by atoms with Crippen LogP contribution >= 0.6 is 12.4 Å². The van der Waals surface area contributed by atoms with E-state index < -0.39 is 6.04 Å². The molecule has 1 saturated carbocycles. The zero-order chi connectivity index (χ0) is 16.1. The van der Waals surface area contributed by atoms with Gasteiger partial charge >= 0.3 is 0 Å². The first-order valence-electron chi connectivity index (χ1n) is 8.07. The standard InChI is InChI=1S/C15H26N4O3.ClH/c1-17-15(22)12-6-3-7-19(12)13(20)9-18-14(21)11-5-2-4-10(11)8-16;/h10-12H,2-9,16H2,1H3,(H,17,22)(H,18,21);1H/t10-,11-,12?;/m1./s1. The van der Waals surface area contributed by atoms with Gasteiger partial charge in [-0.3, -0.25) is 14.4 Å². The Bertz CT molecular complexity index is 446. The first kappa shape index (κ1) is 19.7. The van der Waals surface area contributed by atoms with Crippen LogP contribution in [0, 0.1) is 11.8 Å². The monoisotopic (exact) mass is 346 g/mol. The molecule has 1 aliphatic carbocycles. The Morgan fingerprint density at radius 1 is 1.13 bits per heavy atom. The van der Waals surface area contributed by atoms with Gasteiger partial charge in [0.25, 0.3) is 0 Å². The van der Waals surface area contributed by atoms with Crippen molar-refractivity contribution < 1.29 is 14.4 Å². The Kier molecular flexibility index (Phi) is 7.78. The molecule has 1 aliphatic heterocycles. The van der Waals surface area contributed by atoms with Crippen LogP contribution in [-0.2, 0) is 14.4 Å². The Morgan fingerprint density at radius 3 is 2.52 bits per heavy atom. The number of likely N-dealkylation sites (N-methyl/N-ethyl adjacent to an activating group) is 1. The molecule has 0 aromatic carbocycles. The maximum atomic E-state index is 12.3. The number of likely N-dealkylation sites (tertiary alicyclic amines) is 1. The molecule has 1 saturated heterocycles. The number of nitrogens with zero attached hydrogens (tertiary/aromatic N) is 1. The summed E-state index contributed by atoms with van der Waals surface area (Å²) in [4.78, 5) is 37.8. The summed E-state index contributed by atoms with van der Waals surface area (Å²) in [5.74, 6) is -0.276. The van der Waals surface area contributed by atoms with Crippen LogP contribution in [0.3, 0.4) is 0 Å². The van der Waals surface area contributed by atoms with Crippen molar-refractivity contribution in [2.75, 3.05) is 26.7 Å². The van der Waals surface area contributed by atoms with Crippen molar-refractivity contribution >= 4 is 30.1 Å². The molecular formula is C15H27ClN4O3. The van der Waals surface area contributed by atoms with E-state index in [4.69, 9.17) is 5.73 Å². The predicted molar refractivity (Wildman–Crippen MR) is 88.9 cm³/mol. The molecule has 0 aromatic rings. The highest BCUT2D eigenvalue weighted by Gasteiger charge is 2.35. The summed E-state index contributed by atoms with van der Waals surface area (Å²) in [7, 11) is 1.57. The van der Waals surface area contributed by atoms with Gasteiger partial charge in [0.1, 0.15) is 6.04 Å². The smallest absolute Gasteiger partial charge is 0.242 e. The van der Waals surface area contributed by atoms with Gasteiger partial charge in [-0.1, -0.05) is 6.42 Å². The van der Waals surface area contributed by atoms with Gasteiger partial charge in [-0.25, -0.2) is 0 Å². The number of carbonyl (C=O) groups is 3. The van der Waals surface area contributed by atoms with Gasteiger partial charge < -0.3 is 21.3 Å². The van der Waals surface area contributed by atoms with Gasteiger partial charge in [-0.15, -0.1) is 12.4 Å². The average molecular weight is 347 g/mol. The van der Waals surface area contributed by atoms with Gasteiger partial charge in [0, 0.05) is 19.5 Å². The topological polar surface area (TPSA) is 105 Å². The van der Waals surface area contributed by atoms with Crippen molar-refractivity contribution in [3.63, 3.8) is 0 Å². The lowest BCUT2D eigenvalue weighted by Crippen LogP contribution is -2.49. The minimum atomic E-state index is -0.405. The zero-order valence-corrected chi connectivity index (χ0v) is 14.4. The molecule has 2 aliphatic rings. The average Bonchev–Trinajstić information content (AvgIpc) is 3.19. The van der Waals surface area contributed by atoms with Crippen LogP contribution < -0.4 is 16.4 Å². The van der Waals surface area contributed by atoms with Crippen LogP contribution in [0.4, 0.5) is 0 Å². The molecule has 23 heavy (non-hydrogen) atoms. The molecule has 0 bridgehead atoms. The van der Waals surface area contributed by atoms with Crippen LogP contribution in [0.25, 0.3) is 0 Å². The van der Waals surface area contributed by atoms with Crippen molar-refractivity contribution in [3.8, 4) is 0 Å². The fraction of sp³-hybridized carbons (Fsp3) is 0.800. The molecule has 0 aromatic heterocycles. The molecule has 132 valence electrons. The molecule has 8 heteroatoms. The summed E-state index contributed by atoms with van der Waals surface area (Å²) in [6, 6.07) is -0.405. The maximum Gasteiger partial charge on any atom is 0.242 e. The number of hydrogen-bond donors (Lipinski definition) is 3. The summed E-state index contributed by atoms with van der Waals surface area (Å²) in [5.41, 5.74) is 5.68. The lowest BCUT2D eigenvalue weighted by Gasteiger charge is -2.24. The van der Waals surface area contributed by atoms with E-state index in [0.717, 1.165) is 25.7 Å². The molecule has 0 spiro atoms. The summed E-state index contributed by atoms with van der Waals surface area (Å²) < 4.78 is 0. The third-order valence-corrected chi connectivity index (χ3v) is 4.83. The highest BCUT2D eigenvalue weighted by molar-refractivity contribution is 5.91. The molecule has 1 unspecified atom stereocenters. The fourth-order valence-corrected chi connectivity index (χ4v) is 3.56. The largest absolute Gasteiger partial charge is 0.357 e. The summed E-state index contributed by atoms with van der Waals surface area (Å²) in [5, 5.41) is 5.31. The summed E-state index contributed by atoms with van der Waals surface area (Å²) >= 11 is 0. The van der Waals surface area contributed by atoms with E-state index in [1.165, 1.54) is 0 Å². The number of rotatable bonds is 5. The SMILES string of the molecule is CNC(=O)C1CCCN1C(=O)CNC(=O)[C@@H]1CCC[C@@H]1CN.Cl. The molecule has 2 rings (SSSR count). The van der Waals surface area contributed by atoms with Gasteiger partial charge in [0.15, 0.2) is 0 Å². The van der Waals surface area contributed by atoms with Gasteiger partial charge in [-0.05, 0) is 38.1 Å². The van der Waals surface area contributed by atoms with E-state index in [9.17, 15) is 14.4 Å². The van der Waals surface area contributed by atoms with Crippen LogP contribution in [0.1, 0.15) is 32.1 Å². The van der Waals surface area contributed by atoms with E-state index in [1.54, 1.807) is 11.9 Å². The van der Waals surface area contributed by atoms with E-state index in [-0.39, 0.29) is 48.5 Å². The highest BCUT2D eigenvalue weighted by Crippen LogP contribution is 2.30. The maximum absolute atomic E-state index is 12.3. The third kappa shape index (κ3) is 4.57. The second-order valence-corrected chi connectivity index (χ2v) is 6.11. The number of carbonyl (C=O) groups excluding carboxylic acids is 3. The van der Waals surface area contributed by atoms with Gasteiger partial charge in [-0.2, -0.15) is 0 Å². The zero-order valence-electron chi connectivity index (χ0n) is 13.5. The van der Waals surface area contributed by atoms with E-state index >= 15 is 0 Å². The number of hydrogen-bond acceptors (Lipinski definition) is 4. The third-order valence-electron chi connectivity index (χ3n) is 4.83. The Hall–Kier alpha value is -1.34. The Labute approximate surface area is 143 Å². The number of nitrogens with two attached hydrogens (primary N) is 1. The molecule has 7 nitrogen and oxygen atoms in total. The molecule has 3 atom stereocenters. The number of amides is 3. The van der Waals surface area contributed by atoms with Crippen LogP contribution in [-0.4, -0.2) is 55.3 Å². The second kappa shape index (κ2) is 9.08. The first-order chi connectivity index (χ1) is 10.6. The molecular weight excluding hydrogens is 320 g/mol. The van der Waals surface area contributed by atoms with Crippen LogP contribution in [0.2, 0.25) is 0 Å². The molecule has 1 heterocycles. The van der Waals surface area contributed by atoms with Crippen molar-refractivity contribution in [2.45, 2.75) is 38.1 Å². The van der Waals surface area contributed by atoms with Crippen molar-refractivity contribution in [2.24, 2.45) is 17.6 Å². The van der Waals surface area contributed by atoms with Crippen molar-refractivity contribution in [3.05, 3.63) is 0 Å². The Morgan fingerprint density at radius 2 is 1.87 bits per heavy atom. The minimum absolute atomic E-state index is 0. The molecule has 4 N–H and O–H groups in total. The second-order valence-electron chi connectivity index (χ2n) is 6.11. The summed E-state index contributed by atoms with van der Waals surface area (Å²) in [6.45, 7) is 1.04. The first-order valence-corrected chi connectivity index (χ1v) is 8.07. The predicted octanol–water partition coefficient (Wildman–Crippen LogP) is -0.364. The van der Waals surface area contributed by atoms with Gasteiger partial charge in [0.2, 0.25) is 17.7 Å². The van der Waals surface area contributed by atoms with E-state index in [2.05, 4.69) is 10.6 Å². The van der Waals surface area contributed by atoms with E-state index in [0.29, 0.717) is 19.5 Å². The van der Waals surface area contributed by atoms with Crippen LogP contribution in [0.15, 0.2) is 0 Å². The number of halogens is 1. The van der Waals surface area contributed by atoms with E-state index in [1.807, 2.05) is 0 Å². The molecule has 3 amide bonds. The van der Waals surface area contributed by atoms with Crippen LogP contribution in [0.5, 0.6) is 0 Å². The van der Waals surface area contributed by atoms with Crippen molar-refractivity contribution in [1.82, 2.24) is 15.5 Å². The Balaban J connectivity index is 0.00000264. The number of nitrogens with one attached hydrogen (secondary N) is 2. The highest BCUT2D eigenvalue weighted by atomic mass is 35.5. The van der Waals surface area contributed by atoms with Crippen molar-refractivity contribution in [1.29, 1.82) is 0 Å². The normalized spacial score (nSPS) is 26.5. The molecule has 0 radical (unpaired) electrons. The minimum Gasteiger partial charge on any atom is -0.357 e. The fourth-order valence-electron chi connectivity index (χ4n) is 3.56.